The lowest BCUT2D eigenvalue weighted by Crippen LogP contribution is -2.30. The summed E-state index contributed by atoms with van der Waals surface area (Å²) in [5.74, 6) is -0.960. The second kappa shape index (κ2) is 51.0. The van der Waals surface area contributed by atoms with Crippen molar-refractivity contribution in [3.63, 3.8) is 0 Å². The first-order valence-electron chi connectivity index (χ1n) is 25.7. The number of allylic oxidation sites excluding steroid dienone is 16. The fourth-order valence-electron chi connectivity index (χ4n) is 6.65. The highest BCUT2D eigenvalue weighted by Crippen LogP contribution is 2.13. The Morgan fingerprint density at radius 2 is 0.635 bits per heavy atom. The molecule has 6 heteroatoms. The topological polar surface area (TPSA) is 78.9 Å². The van der Waals surface area contributed by atoms with Crippen LogP contribution in [0.4, 0.5) is 0 Å². The number of rotatable bonds is 45. The van der Waals surface area contributed by atoms with E-state index in [0.717, 1.165) is 135 Å². The van der Waals surface area contributed by atoms with Gasteiger partial charge in [0.1, 0.15) is 13.2 Å². The van der Waals surface area contributed by atoms with Gasteiger partial charge in [-0.25, -0.2) is 0 Å². The van der Waals surface area contributed by atoms with Gasteiger partial charge in [-0.3, -0.25) is 14.4 Å². The second-order valence-corrected chi connectivity index (χ2v) is 16.7. The van der Waals surface area contributed by atoms with E-state index in [0.29, 0.717) is 19.3 Å². The Labute approximate surface area is 387 Å². The van der Waals surface area contributed by atoms with Crippen molar-refractivity contribution in [1.82, 2.24) is 0 Å². The van der Waals surface area contributed by atoms with Crippen LogP contribution in [0.25, 0.3) is 0 Å². The molecular formula is C57H94O6. The zero-order valence-electron chi connectivity index (χ0n) is 40.8. The molecule has 1 atom stereocenters. The first-order valence-corrected chi connectivity index (χ1v) is 25.7. The molecule has 358 valence electrons. The zero-order chi connectivity index (χ0) is 45.8. The van der Waals surface area contributed by atoms with Gasteiger partial charge in [-0.2, -0.15) is 0 Å². The average Bonchev–Trinajstić information content (AvgIpc) is 3.28. The van der Waals surface area contributed by atoms with Crippen molar-refractivity contribution in [1.29, 1.82) is 0 Å². The number of unbranched alkanes of at least 4 members (excludes halogenated alkanes) is 18. The number of hydrogen-bond donors (Lipinski definition) is 0. The highest BCUT2D eigenvalue weighted by molar-refractivity contribution is 5.71. The van der Waals surface area contributed by atoms with E-state index in [9.17, 15) is 14.4 Å². The van der Waals surface area contributed by atoms with Gasteiger partial charge in [-0.15, -0.1) is 0 Å². The van der Waals surface area contributed by atoms with Crippen molar-refractivity contribution in [2.75, 3.05) is 13.2 Å². The van der Waals surface area contributed by atoms with Gasteiger partial charge < -0.3 is 14.2 Å². The predicted octanol–water partition coefficient (Wildman–Crippen LogP) is 17.0. The first-order chi connectivity index (χ1) is 31.0. The van der Waals surface area contributed by atoms with Crippen molar-refractivity contribution in [2.45, 2.75) is 232 Å². The Kier molecular flexibility index (Phi) is 48.0. The van der Waals surface area contributed by atoms with E-state index < -0.39 is 6.10 Å². The molecule has 0 spiro atoms. The van der Waals surface area contributed by atoms with Crippen molar-refractivity contribution < 1.29 is 28.6 Å². The summed E-state index contributed by atoms with van der Waals surface area (Å²) in [6, 6.07) is 0. The summed E-state index contributed by atoms with van der Waals surface area (Å²) in [5.41, 5.74) is 0. The standard InChI is InChI=1S/C57H94O6/c1-4-7-10-13-16-19-22-24-26-28-30-32-35-37-40-43-46-49-55(58)61-52-54(63-57(60)51-48-45-42-39-34-21-18-15-12-9-6-3)53-62-56(59)50-47-44-41-38-36-33-31-29-27-25-23-20-17-14-11-8-5-2/h7,10,15-20,24-27,30-33,54H,4-6,8-9,11-14,21-23,28-29,34-53H2,1-3H3/b10-7-,18-15-,19-16-,20-17-,26-24-,27-25-,32-30-,33-31-/t54-/m1/s1. The van der Waals surface area contributed by atoms with Gasteiger partial charge in [-0.1, -0.05) is 189 Å². The summed E-state index contributed by atoms with van der Waals surface area (Å²) in [4.78, 5) is 37.9. The monoisotopic (exact) mass is 875 g/mol. The van der Waals surface area contributed by atoms with Crippen LogP contribution in [-0.2, 0) is 28.6 Å². The normalized spacial score (nSPS) is 12.9. The van der Waals surface area contributed by atoms with Crippen molar-refractivity contribution in [3.8, 4) is 0 Å². The van der Waals surface area contributed by atoms with Gasteiger partial charge in [0.05, 0.1) is 0 Å². The molecule has 0 aliphatic carbocycles. The fourth-order valence-corrected chi connectivity index (χ4v) is 6.65. The van der Waals surface area contributed by atoms with Crippen LogP contribution in [0.1, 0.15) is 226 Å². The second-order valence-electron chi connectivity index (χ2n) is 16.7. The predicted molar refractivity (Wildman–Crippen MR) is 270 cm³/mol. The smallest absolute Gasteiger partial charge is 0.306 e. The molecule has 0 radical (unpaired) electrons. The molecule has 0 heterocycles. The average molecular weight is 875 g/mol. The van der Waals surface area contributed by atoms with E-state index in [-0.39, 0.29) is 31.1 Å². The highest BCUT2D eigenvalue weighted by Gasteiger charge is 2.19. The van der Waals surface area contributed by atoms with Gasteiger partial charge in [-0.05, 0) is 116 Å². The van der Waals surface area contributed by atoms with Crippen molar-refractivity contribution in [3.05, 3.63) is 97.2 Å². The third-order valence-electron chi connectivity index (χ3n) is 10.5. The lowest BCUT2D eigenvalue weighted by atomic mass is 10.1. The SMILES string of the molecule is CC/C=C\C/C=C\C/C=C\C/C=C\CCCCCCC(=O)OC[C@H](COC(=O)CCCCCC/C=C\C/C=C\C/C=C\CCCCC)OC(=O)CCCCCCC/C=C\CCCC. The summed E-state index contributed by atoms with van der Waals surface area (Å²) < 4.78 is 16.7. The summed E-state index contributed by atoms with van der Waals surface area (Å²) in [6.45, 7) is 6.40. The lowest BCUT2D eigenvalue weighted by molar-refractivity contribution is -0.167. The van der Waals surface area contributed by atoms with E-state index >= 15 is 0 Å². The van der Waals surface area contributed by atoms with Gasteiger partial charge in [0, 0.05) is 19.3 Å². The fraction of sp³-hybridized carbons (Fsp3) is 0.667. The quantitative estimate of drug-likeness (QED) is 0.0262. The molecule has 0 saturated heterocycles. The molecule has 0 fully saturated rings. The Bertz CT molecular complexity index is 1280. The van der Waals surface area contributed by atoms with E-state index in [4.69, 9.17) is 14.2 Å². The van der Waals surface area contributed by atoms with Gasteiger partial charge in [0.2, 0.25) is 0 Å². The van der Waals surface area contributed by atoms with E-state index in [1.807, 2.05) is 0 Å². The molecule has 0 aliphatic heterocycles. The van der Waals surface area contributed by atoms with Crippen molar-refractivity contribution >= 4 is 17.9 Å². The first kappa shape index (κ1) is 59.3. The summed E-state index contributed by atoms with van der Waals surface area (Å²) in [7, 11) is 0. The molecule has 0 aromatic rings. The summed E-state index contributed by atoms with van der Waals surface area (Å²) in [5, 5.41) is 0. The summed E-state index contributed by atoms with van der Waals surface area (Å²) in [6.07, 6.45) is 66.7. The Morgan fingerprint density at radius 1 is 0.333 bits per heavy atom. The highest BCUT2D eigenvalue weighted by atomic mass is 16.6. The third-order valence-corrected chi connectivity index (χ3v) is 10.5. The number of carbonyl (C=O) groups is 3. The van der Waals surface area contributed by atoms with E-state index in [1.165, 1.54) is 51.4 Å². The van der Waals surface area contributed by atoms with Crippen LogP contribution in [-0.4, -0.2) is 37.2 Å². The van der Waals surface area contributed by atoms with Crippen LogP contribution < -0.4 is 0 Å². The molecule has 0 aromatic carbocycles. The molecule has 0 aliphatic rings. The largest absolute Gasteiger partial charge is 0.462 e. The summed E-state index contributed by atoms with van der Waals surface area (Å²) >= 11 is 0. The van der Waals surface area contributed by atoms with Crippen LogP contribution in [0, 0.1) is 0 Å². The van der Waals surface area contributed by atoms with Crippen molar-refractivity contribution in [2.24, 2.45) is 0 Å². The number of carbonyl (C=O) groups excluding carboxylic acids is 3. The van der Waals surface area contributed by atoms with Gasteiger partial charge >= 0.3 is 17.9 Å². The molecular weight excluding hydrogens is 781 g/mol. The maximum Gasteiger partial charge on any atom is 0.306 e. The number of esters is 3. The van der Waals surface area contributed by atoms with Crippen LogP contribution in [0.3, 0.4) is 0 Å². The molecule has 0 saturated carbocycles. The van der Waals surface area contributed by atoms with E-state index in [1.54, 1.807) is 0 Å². The molecule has 0 bridgehead atoms. The molecule has 0 unspecified atom stereocenters. The number of ether oxygens (including phenoxy) is 3. The lowest BCUT2D eigenvalue weighted by Gasteiger charge is -2.18. The van der Waals surface area contributed by atoms with E-state index in [2.05, 4.69) is 118 Å². The molecule has 63 heavy (non-hydrogen) atoms. The third kappa shape index (κ3) is 49.2. The maximum atomic E-state index is 12.8. The maximum absolute atomic E-state index is 12.8. The minimum Gasteiger partial charge on any atom is -0.462 e. The molecule has 0 amide bonds. The molecule has 0 N–H and O–H groups in total. The van der Waals surface area contributed by atoms with Crippen LogP contribution >= 0.6 is 0 Å². The Morgan fingerprint density at radius 3 is 1.03 bits per heavy atom. The number of hydrogen-bond acceptors (Lipinski definition) is 6. The molecule has 0 aromatic heterocycles. The van der Waals surface area contributed by atoms with Crippen LogP contribution in [0.2, 0.25) is 0 Å². The Balaban J connectivity index is 4.45. The zero-order valence-corrected chi connectivity index (χ0v) is 40.8. The van der Waals surface area contributed by atoms with Crippen LogP contribution in [0.5, 0.6) is 0 Å². The minimum atomic E-state index is -0.801. The Hall–Kier alpha value is -3.67. The van der Waals surface area contributed by atoms with Crippen LogP contribution in [0.15, 0.2) is 97.2 Å². The van der Waals surface area contributed by atoms with Gasteiger partial charge in [0.15, 0.2) is 6.10 Å². The molecule has 0 rings (SSSR count). The van der Waals surface area contributed by atoms with Gasteiger partial charge in [0.25, 0.3) is 0 Å². The minimum absolute atomic E-state index is 0.102. The molecule has 6 nitrogen and oxygen atoms in total.